The van der Waals surface area contributed by atoms with Crippen LogP contribution in [-0.2, 0) is 138 Å². The third-order valence-electron chi connectivity index (χ3n) is 0. The second kappa shape index (κ2) is 33.6. The summed E-state index contributed by atoms with van der Waals surface area (Å²) >= 11 is 0. The van der Waals surface area contributed by atoms with Gasteiger partial charge in [0.1, 0.15) is 0 Å². The molecule has 0 saturated heterocycles. The maximum atomic E-state index is 0. The van der Waals surface area contributed by atoms with Gasteiger partial charge in [0.15, 0.2) is 0 Å². The van der Waals surface area contributed by atoms with Crippen LogP contribution in [0.4, 0.5) is 0 Å². The van der Waals surface area contributed by atoms with E-state index < -0.39 is 0 Å². The summed E-state index contributed by atoms with van der Waals surface area (Å²) in [6.07, 6.45) is 0. The quantitative estimate of drug-likeness (QED) is 0.300. The molecule has 0 aromatic heterocycles. The predicted molar refractivity (Wildman–Crippen MR) is 0 cm³/mol. The van der Waals surface area contributed by atoms with Crippen LogP contribution in [0.15, 0.2) is 0 Å². The summed E-state index contributed by atoms with van der Waals surface area (Å²) in [6, 6.07) is 0. The predicted octanol–water partition coefficient (Wildman–Crippen LogP) is -0.0150. The Morgan fingerprint density at radius 2 is 0.333 bits per heavy atom. The Bertz CT molecular complexity index is 3.90. The zero-order valence-corrected chi connectivity index (χ0v) is 22.4. The Hall–Kier alpha value is 4.57. The minimum atomic E-state index is 0. The van der Waals surface area contributed by atoms with Crippen molar-refractivity contribution >= 4 is 0 Å². The van der Waals surface area contributed by atoms with Gasteiger partial charge in [-0.2, -0.15) is 0 Å². The molecule has 0 aliphatic rings. The third kappa shape index (κ3) is 23.5. The van der Waals surface area contributed by atoms with Gasteiger partial charge in [-0.1, -0.05) is 0 Å². The molecule has 0 nitrogen and oxygen atoms in total. The molecule has 0 bridgehead atoms. The van der Waals surface area contributed by atoms with E-state index >= 15 is 0 Å². The van der Waals surface area contributed by atoms with Crippen LogP contribution in [0, 0.1) is 0 Å². The molecular formula is HfTa5. The molecule has 0 atom stereocenters. The van der Waals surface area contributed by atoms with E-state index in [0.717, 1.165) is 0 Å². The van der Waals surface area contributed by atoms with Crippen LogP contribution in [0.1, 0.15) is 0 Å². The minimum Gasteiger partial charge on any atom is 0 e. The molecule has 6 heteroatoms. The first kappa shape index (κ1) is 46.3. The SMILES string of the molecule is [Hf].[Ta].[Ta].[Ta].[Ta].[Ta]. The van der Waals surface area contributed by atoms with E-state index in [4.69, 9.17) is 0 Å². The van der Waals surface area contributed by atoms with Gasteiger partial charge >= 0.3 is 0 Å². The summed E-state index contributed by atoms with van der Waals surface area (Å²) in [4.78, 5) is 0. The summed E-state index contributed by atoms with van der Waals surface area (Å²) in [6.45, 7) is 0. The fourth-order valence-electron chi connectivity index (χ4n) is 0. The standard InChI is InChI=1S/Hf.5Ta. The summed E-state index contributed by atoms with van der Waals surface area (Å²) in [7, 11) is 0. The number of hydrogen-bond donors (Lipinski definition) is 0. The molecule has 5 radical (unpaired) electrons. The normalized spacial score (nSPS) is 0. The van der Waals surface area contributed by atoms with Crippen LogP contribution in [0.3, 0.4) is 0 Å². The molecule has 6 heavy (non-hydrogen) atoms. The first-order valence-corrected chi connectivity index (χ1v) is 0. The maximum absolute atomic E-state index is 0. The Morgan fingerprint density at radius 3 is 0.333 bits per heavy atom. The second-order valence-corrected chi connectivity index (χ2v) is 0. The fraction of sp³-hybridized carbons (Fsp3) is 0. The molecule has 0 heterocycles. The van der Waals surface area contributed by atoms with Crippen molar-refractivity contribution in [2.24, 2.45) is 0 Å². The van der Waals surface area contributed by atoms with E-state index in [2.05, 4.69) is 0 Å². The Balaban J connectivity index is 0. The van der Waals surface area contributed by atoms with Crippen molar-refractivity contribution in [1.29, 1.82) is 0 Å². The van der Waals surface area contributed by atoms with Gasteiger partial charge in [-0.25, -0.2) is 0 Å². The van der Waals surface area contributed by atoms with Crippen molar-refractivity contribution in [3.63, 3.8) is 0 Å². The summed E-state index contributed by atoms with van der Waals surface area (Å²) in [5, 5.41) is 0. The molecule has 0 unspecified atom stereocenters. The number of hydrogen-bond acceptors (Lipinski definition) is 0. The summed E-state index contributed by atoms with van der Waals surface area (Å²) in [5.74, 6) is 0. The Morgan fingerprint density at radius 1 is 0.333 bits per heavy atom. The van der Waals surface area contributed by atoms with Gasteiger partial charge in [0, 0.05) is 138 Å². The van der Waals surface area contributed by atoms with Gasteiger partial charge in [0.25, 0.3) is 0 Å². The smallest absolute Gasteiger partial charge is 0 e. The van der Waals surface area contributed by atoms with Crippen molar-refractivity contribution in [2.75, 3.05) is 0 Å². The number of rotatable bonds is 0. The summed E-state index contributed by atoms with van der Waals surface area (Å²) in [5.41, 5.74) is 0. The van der Waals surface area contributed by atoms with Crippen molar-refractivity contribution in [3.05, 3.63) is 0 Å². The molecule has 0 rings (SSSR count). The van der Waals surface area contributed by atoms with Crippen molar-refractivity contribution in [2.45, 2.75) is 0 Å². The molecule has 0 N–H and O–H groups in total. The van der Waals surface area contributed by atoms with Crippen molar-refractivity contribution in [3.8, 4) is 0 Å². The maximum Gasteiger partial charge on any atom is 0 e. The molecule has 0 fully saturated rings. The van der Waals surface area contributed by atoms with Crippen LogP contribution >= 0.6 is 0 Å². The molecule has 29 valence electrons. The zero-order chi connectivity index (χ0) is 0. The second-order valence-electron chi connectivity index (χ2n) is 0. The van der Waals surface area contributed by atoms with Crippen LogP contribution < -0.4 is 0 Å². The van der Waals surface area contributed by atoms with E-state index in [1.54, 1.807) is 0 Å². The average Bonchev–Trinajstić information content (AvgIpc) is 0. The molecule has 0 amide bonds. The van der Waals surface area contributed by atoms with Crippen LogP contribution in [0.25, 0.3) is 0 Å². The van der Waals surface area contributed by atoms with E-state index in [-0.39, 0.29) is 138 Å². The van der Waals surface area contributed by atoms with E-state index in [9.17, 15) is 0 Å². The Kier molecular flexibility index (Phi) is 260. The van der Waals surface area contributed by atoms with Gasteiger partial charge in [0.2, 0.25) is 0 Å². The fourth-order valence-corrected chi connectivity index (χ4v) is 0. The van der Waals surface area contributed by atoms with Gasteiger partial charge < -0.3 is 0 Å². The average molecular weight is 1080 g/mol. The molecular weight excluding hydrogens is 1080 g/mol. The van der Waals surface area contributed by atoms with Crippen LogP contribution in [-0.4, -0.2) is 0 Å². The first-order chi connectivity index (χ1) is 0. The molecule has 0 aliphatic carbocycles. The van der Waals surface area contributed by atoms with Gasteiger partial charge in [0.05, 0.1) is 0 Å². The van der Waals surface area contributed by atoms with E-state index in [1.165, 1.54) is 0 Å². The Labute approximate surface area is 134 Å². The minimum absolute atomic E-state index is 0. The zero-order valence-electron chi connectivity index (χ0n) is 2.74. The molecule has 0 aromatic carbocycles. The largest absolute Gasteiger partial charge is 0 e. The molecule has 0 saturated carbocycles. The first-order valence-electron chi connectivity index (χ1n) is 0. The third-order valence-corrected chi connectivity index (χ3v) is 0. The van der Waals surface area contributed by atoms with Gasteiger partial charge in [-0.15, -0.1) is 0 Å². The monoisotopic (exact) mass is 1080 g/mol. The van der Waals surface area contributed by atoms with Crippen molar-refractivity contribution < 1.29 is 138 Å². The van der Waals surface area contributed by atoms with Crippen molar-refractivity contribution in [1.82, 2.24) is 0 Å². The topological polar surface area (TPSA) is 0 Å². The van der Waals surface area contributed by atoms with Crippen LogP contribution in [0.2, 0.25) is 0 Å². The molecule has 0 aliphatic heterocycles. The van der Waals surface area contributed by atoms with Gasteiger partial charge in [-0.3, -0.25) is 0 Å². The van der Waals surface area contributed by atoms with E-state index in [0.29, 0.717) is 0 Å². The summed E-state index contributed by atoms with van der Waals surface area (Å²) < 4.78 is 0. The molecule has 0 aromatic rings. The van der Waals surface area contributed by atoms with Crippen LogP contribution in [0.5, 0.6) is 0 Å². The molecule has 0 spiro atoms. The van der Waals surface area contributed by atoms with E-state index in [1.807, 2.05) is 0 Å². The van der Waals surface area contributed by atoms with Gasteiger partial charge in [-0.05, 0) is 0 Å².